The van der Waals surface area contributed by atoms with Crippen LogP contribution >= 0.6 is 0 Å². The lowest BCUT2D eigenvalue weighted by Crippen LogP contribution is -2.28. The van der Waals surface area contributed by atoms with Gasteiger partial charge in [-0.2, -0.15) is 0 Å². The average molecular weight is 292 g/mol. The minimum absolute atomic E-state index is 0.0294. The molecule has 0 bridgehead atoms. The van der Waals surface area contributed by atoms with E-state index >= 15 is 0 Å². The van der Waals surface area contributed by atoms with Gasteiger partial charge < -0.3 is 0 Å². The lowest BCUT2D eigenvalue weighted by atomic mass is 9.74. The Hall–Kier alpha value is -1.42. The fraction of sp³-hybridized carbons (Fsp3) is 0.438. The van der Waals surface area contributed by atoms with Crippen LogP contribution in [0.1, 0.15) is 33.6 Å². The molecule has 0 amide bonds. The van der Waals surface area contributed by atoms with Gasteiger partial charge in [-0.25, -0.2) is 8.42 Å². The maximum absolute atomic E-state index is 12.4. The average Bonchev–Trinajstić information content (AvgIpc) is 2.34. The van der Waals surface area contributed by atoms with E-state index in [1.54, 1.807) is 30.3 Å². The quantitative estimate of drug-likeness (QED) is 0.860. The van der Waals surface area contributed by atoms with Gasteiger partial charge in [0.25, 0.3) is 0 Å². The van der Waals surface area contributed by atoms with Gasteiger partial charge in [-0.1, -0.05) is 37.6 Å². The Kier molecular flexibility index (Phi) is 3.87. The minimum Gasteiger partial charge on any atom is -0.294 e. The molecule has 3 nitrogen and oxygen atoms in total. The molecular formula is C16H20O3S. The molecule has 0 atom stereocenters. The maximum atomic E-state index is 12.4. The van der Waals surface area contributed by atoms with Crippen molar-refractivity contribution in [3.05, 3.63) is 41.5 Å². The van der Waals surface area contributed by atoms with E-state index in [4.69, 9.17) is 0 Å². The Morgan fingerprint density at radius 1 is 1.10 bits per heavy atom. The van der Waals surface area contributed by atoms with Gasteiger partial charge in [0.05, 0.1) is 10.6 Å². The highest BCUT2D eigenvalue weighted by atomic mass is 32.2. The molecule has 1 aromatic rings. The van der Waals surface area contributed by atoms with Crippen LogP contribution in [0.3, 0.4) is 0 Å². The summed E-state index contributed by atoms with van der Waals surface area (Å²) in [4.78, 5) is 12.5. The summed E-state index contributed by atoms with van der Waals surface area (Å²) in [6.07, 6.45) is 1.20. The second-order valence-corrected chi connectivity index (χ2v) is 8.26. The molecule has 1 aliphatic carbocycles. The number of hydrogen-bond donors (Lipinski definition) is 0. The van der Waals surface area contributed by atoms with E-state index in [1.165, 1.54) is 0 Å². The fourth-order valence-corrected chi connectivity index (χ4v) is 4.30. The van der Waals surface area contributed by atoms with Crippen LogP contribution in [0.2, 0.25) is 0 Å². The largest absolute Gasteiger partial charge is 0.294 e. The van der Waals surface area contributed by atoms with E-state index < -0.39 is 9.84 Å². The predicted molar refractivity (Wildman–Crippen MR) is 79.2 cm³/mol. The van der Waals surface area contributed by atoms with Crippen LogP contribution in [0.4, 0.5) is 0 Å². The van der Waals surface area contributed by atoms with E-state index in [-0.39, 0.29) is 21.8 Å². The molecule has 1 aromatic carbocycles. The van der Waals surface area contributed by atoms with E-state index in [1.807, 2.05) is 20.8 Å². The van der Waals surface area contributed by atoms with E-state index in [0.717, 1.165) is 12.0 Å². The zero-order chi connectivity index (χ0) is 15.0. The van der Waals surface area contributed by atoms with E-state index in [0.29, 0.717) is 12.0 Å². The van der Waals surface area contributed by atoms with Crippen molar-refractivity contribution in [2.75, 3.05) is 5.75 Å². The van der Waals surface area contributed by atoms with Crippen LogP contribution in [0.15, 0.2) is 46.4 Å². The molecule has 0 fully saturated rings. The molecule has 0 heterocycles. The molecule has 2 rings (SSSR count). The molecule has 1 aliphatic rings. The van der Waals surface area contributed by atoms with Crippen molar-refractivity contribution in [1.82, 2.24) is 0 Å². The summed E-state index contributed by atoms with van der Waals surface area (Å²) >= 11 is 0. The zero-order valence-electron chi connectivity index (χ0n) is 12.1. The van der Waals surface area contributed by atoms with Crippen LogP contribution in [0, 0.1) is 5.41 Å². The van der Waals surface area contributed by atoms with Crippen molar-refractivity contribution in [3.8, 4) is 0 Å². The van der Waals surface area contributed by atoms with Crippen molar-refractivity contribution in [3.63, 3.8) is 0 Å². The van der Waals surface area contributed by atoms with Gasteiger partial charge >= 0.3 is 0 Å². The monoisotopic (exact) mass is 292 g/mol. The molecule has 0 aliphatic heterocycles. The first kappa shape index (κ1) is 15.0. The molecule has 0 aromatic heterocycles. The molecule has 108 valence electrons. The Balaban J connectivity index is 2.33. The van der Waals surface area contributed by atoms with Gasteiger partial charge in [0.1, 0.15) is 0 Å². The van der Waals surface area contributed by atoms with Gasteiger partial charge in [-0.05, 0) is 30.9 Å². The topological polar surface area (TPSA) is 51.2 Å². The standard InChI is InChI=1S/C16H20O3S/c1-12-9-16(2,3)10-15(17)14(12)11-20(18,19)13-7-5-4-6-8-13/h4-8H,9-11H2,1-3H3. The third kappa shape index (κ3) is 3.18. The first-order valence-electron chi connectivity index (χ1n) is 6.71. The second-order valence-electron chi connectivity index (χ2n) is 6.27. The Morgan fingerprint density at radius 3 is 2.25 bits per heavy atom. The Bertz CT molecular complexity index is 652. The number of allylic oxidation sites excluding steroid dienone is 1. The molecule has 0 saturated heterocycles. The van der Waals surface area contributed by atoms with E-state index in [2.05, 4.69) is 0 Å². The number of rotatable bonds is 3. The second kappa shape index (κ2) is 5.17. The smallest absolute Gasteiger partial charge is 0.182 e. The van der Waals surface area contributed by atoms with Gasteiger partial charge in [0, 0.05) is 12.0 Å². The molecule has 20 heavy (non-hydrogen) atoms. The van der Waals surface area contributed by atoms with Crippen LogP contribution in [-0.2, 0) is 14.6 Å². The fourth-order valence-electron chi connectivity index (χ4n) is 2.77. The lowest BCUT2D eigenvalue weighted by molar-refractivity contribution is -0.118. The number of benzene rings is 1. The SMILES string of the molecule is CC1=C(CS(=O)(=O)c2ccccc2)C(=O)CC(C)(C)C1. The third-order valence-electron chi connectivity index (χ3n) is 3.67. The summed E-state index contributed by atoms with van der Waals surface area (Å²) in [5, 5.41) is 0. The number of ketones is 1. The highest BCUT2D eigenvalue weighted by Crippen LogP contribution is 2.37. The summed E-state index contributed by atoms with van der Waals surface area (Å²) in [6, 6.07) is 8.31. The number of carbonyl (C=O) groups is 1. The summed E-state index contributed by atoms with van der Waals surface area (Å²) in [7, 11) is -3.44. The number of carbonyl (C=O) groups excluding carboxylic acids is 1. The highest BCUT2D eigenvalue weighted by Gasteiger charge is 2.33. The minimum atomic E-state index is -3.44. The molecule has 0 N–H and O–H groups in total. The Morgan fingerprint density at radius 2 is 1.70 bits per heavy atom. The lowest BCUT2D eigenvalue weighted by Gasteiger charge is -2.30. The predicted octanol–water partition coefficient (Wildman–Crippen LogP) is 3.17. The van der Waals surface area contributed by atoms with Crippen LogP contribution in [-0.4, -0.2) is 20.0 Å². The molecule has 4 heteroatoms. The number of hydrogen-bond acceptors (Lipinski definition) is 3. The molecule has 0 spiro atoms. The van der Waals surface area contributed by atoms with Crippen molar-refractivity contribution < 1.29 is 13.2 Å². The van der Waals surface area contributed by atoms with Gasteiger partial charge in [0.2, 0.25) is 0 Å². The molecular weight excluding hydrogens is 272 g/mol. The van der Waals surface area contributed by atoms with E-state index in [9.17, 15) is 13.2 Å². The van der Waals surface area contributed by atoms with Crippen molar-refractivity contribution >= 4 is 15.6 Å². The number of Topliss-reactive ketones (excluding diaryl/α,β-unsaturated/α-hetero) is 1. The highest BCUT2D eigenvalue weighted by molar-refractivity contribution is 7.91. The van der Waals surface area contributed by atoms with Gasteiger partial charge in [-0.15, -0.1) is 0 Å². The zero-order valence-corrected chi connectivity index (χ0v) is 13.0. The van der Waals surface area contributed by atoms with Gasteiger partial charge in [-0.3, -0.25) is 4.79 Å². The first-order valence-corrected chi connectivity index (χ1v) is 8.36. The maximum Gasteiger partial charge on any atom is 0.182 e. The van der Waals surface area contributed by atoms with Crippen LogP contribution < -0.4 is 0 Å². The van der Waals surface area contributed by atoms with Gasteiger partial charge in [0.15, 0.2) is 15.6 Å². The summed E-state index contributed by atoms with van der Waals surface area (Å²) in [5.41, 5.74) is 1.32. The van der Waals surface area contributed by atoms with Crippen molar-refractivity contribution in [2.45, 2.75) is 38.5 Å². The molecule has 0 saturated carbocycles. The van der Waals surface area contributed by atoms with Crippen molar-refractivity contribution in [2.24, 2.45) is 5.41 Å². The summed E-state index contributed by atoms with van der Waals surface area (Å²) in [5.74, 6) is -0.212. The summed E-state index contributed by atoms with van der Waals surface area (Å²) < 4.78 is 24.7. The van der Waals surface area contributed by atoms with Crippen LogP contribution in [0.25, 0.3) is 0 Å². The third-order valence-corrected chi connectivity index (χ3v) is 5.33. The Labute approximate surface area is 120 Å². The number of sulfone groups is 1. The van der Waals surface area contributed by atoms with Crippen LogP contribution in [0.5, 0.6) is 0 Å². The molecule has 0 radical (unpaired) electrons. The first-order chi connectivity index (χ1) is 9.21. The van der Waals surface area contributed by atoms with Crippen molar-refractivity contribution in [1.29, 1.82) is 0 Å². The normalized spacial score (nSPS) is 19.2. The summed E-state index contributed by atoms with van der Waals surface area (Å²) in [6.45, 7) is 5.95. The molecule has 0 unspecified atom stereocenters.